The maximum absolute atomic E-state index is 11.1. The smallest absolute Gasteiger partial charge is 0.131 e. The second kappa shape index (κ2) is 6.23. The van der Waals surface area contributed by atoms with Crippen molar-refractivity contribution in [3.8, 4) is 0 Å². The van der Waals surface area contributed by atoms with Crippen molar-refractivity contribution in [1.82, 2.24) is 4.90 Å². The lowest BCUT2D eigenvalue weighted by Gasteiger charge is -2.36. The summed E-state index contributed by atoms with van der Waals surface area (Å²) < 4.78 is 0. The van der Waals surface area contributed by atoms with E-state index in [9.17, 15) is 4.79 Å². The molecule has 0 aromatic rings. The fourth-order valence-corrected chi connectivity index (χ4v) is 2.32. The van der Waals surface area contributed by atoms with E-state index in [1.165, 1.54) is 12.8 Å². The summed E-state index contributed by atoms with van der Waals surface area (Å²) in [4.78, 5) is 13.5. The van der Waals surface area contributed by atoms with E-state index in [4.69, 9.17) is 5.11 Å². The Kier molecular flexibility index (Phi) is 5.26. The molecule has 0 saturated carbocycles. The van der Waals surface area contributed by atoms with Crippen LogP contribution in [0, 0.1) is 5.92 Å². The van der Waals surface area contributed by atoms with Gasteiger partial charge < -0.3 is 5.11 Å². The number of nitrogens with zero attached hydrogens (tertiary/aromatic N) is 1. The van der Waals surface area contributed by atoms with Gasteiger partial charge in [-0.15, -0.1) is 0 Å². The predicted octanol–water partition coefficient (Wildman–Crippen LogP) is 1.45. The molecular formula is C12H23NO2. The fraction of sp³-hybridized carbons (Fsp3) is 0.917. The molecule has 0 aromatic carbocycles. The number of Topliss-reactive ketones (excluding diaryl/α,β-unsaturated/α-hetero) is 1. The molecule has 0 bridgehead atoms. The first-order valence-electron chi connectivity index (χ1n) is 5.97. The summed E-state index contributed by atoms with van der Waals surface area (Å²) in [6.07, 6.45) is 4.28. The molecule has 0 aliphatic carbocycles. The molecular weight excluding hydrogens is 190 g/mol. The van der Waals surface area contributed by atoms with Gasteiger partial charge in [0, 0.05) is 25.6 Å². The lowest BCUT2D eigenvalue weighted by atomic mass is 9.96. The van der Waals surface area contributed by atoms with Gasteiger partial charge in [-0.3, -0.25) is 9.69 Å². The fourth-order valence-electron chi connectivity index (χ4n) is 2.32. The Balaban J connectivity index is 2.45. The number of hydrogen-bond donors (Lipinski definition) is 1. The highest BCUT2D eigenvalue weighted by Gasteiger charge is 2.24. The summed E-state index contributed by atoms with van der Waals surface area (Å²) in [5.41, 5.74) is 0. The second-order valence-electron chi connectivity index (χ2n) is 4.84. The van der Waals surface area contributed by atoms with E-state index in [1.54, 1.807) is 6.92 Å². The highest BCUT2D eigenvalue weighted by molar-refractivity contribution is 5.76. The van der Waals surface area contributed by atoms with Gasteiger partial charge in [0.1, 0.15) is 5.78 Å². The molecule has 1 aliphatic heterocycles. The summed E-state index contributed by atoms with van der Waals surface area (Å²) in [7, 11) is 0. The second-order valence-corrected chi connectivity index (χ2v) is 4.84. The molecule has 1 fully saturated rings. The molecule has 3 heteroatoms. The third kappa shape index (κ3) is 4.31. The van der Waals surface area contributed by atoms with Crippen molar-refractivity contribution in [1.29, 1.82) is 0 Å². The molecule has 3 nitrogen and oxygen atoms in total. The Bertz CT molecular complexity index is 206. The first-order valence-corrected chi connectivity index (χ1v) is 5.97. The zero-order valence-electron chi connectivity index (χ0n) is 9.91. The van der Waals surface area contributed by atoms with Gasteiger partial charge in [0.25, 0.3) is 0 Å². The average Bonchev–Trinajstić information content (AvgIpc) is 2.20. The lowest BCUT2D eigenvalue weighted by Crippen LogP contribution is -2.43. The van der Waals surface area contributed by atoms with Crippen LogP contribution < -0.4 is 0 Å². The SMILES string of the molecule is CC(=O)CC1CCCCN1CC(C)CO. The first-order chi connectivity index (χ1) is 7.13. The lowest BCUT2D eigenvalue weighted by molar-refractivity contribution is -0.118. The van der Waals surface area contributed by atoms with Crippen molar-refractivity contribution < 1.29 is 9.90 Å². The predicted molar refractivity (Wildman–Crippen MR) is 60.8 cm³/mol. The van der Waals surface area contributed by atoms with Gasteiger partial charge in [-0.05, 0) is 32.2 Å². The van der Waals surface area contributed by atoms with Crippen LogP contribution >= 0.6 is 0 Å². The molecule has 1 rings (SSSR count). The maximum atomic E-state index is 11.1. The summed E-state index contributed by atoms with van der Waals surface area (Å²) in [5.74, 6) is 0.598. The Morgan fingerprint density at radius 1 is 1.53 bits per heavy atom. The zero-order valence-corrected chi connectivity index (χ0v) is 9.91. The molecule has 15 heavy (non-hydrogen) atoms. The molecule has 1 N–H and O–H groups in total. The number of ketones is 1. The van der Waals surface area contributed by atoms with Crippen LogP contribution in [0.15, 0.2) is 0 Å². The van der Waals surface area contributed by atoms with Crippen molar-refractivity contribution in [2.24, 2.45) is 5.92 Å². The molecule has 0 radical (unpaired) electrons. The van der Waals surface area contributed by atoms with Crippen LogP contribution in [-0.4, -0.2) is 41.5 Å². The molecule has 2 unspecified atom stereocenters. The Morgan fingerprint density at radius 2 is 2.27 bits per heavy atom. The molecule has 2 atom stereocenters. The molecule has 0 amide bonds. The monoisotopic (exact) mass is 213 g/mol. The topological polar surface area (TPSA) is 40.5 Å². The van der Waals surface area contributed by atoms with Gasteiger partial charge in [0.15, 0.2) is 0 Å². The van der Waals surface area contributed by atoms with Crippen LogP contribution in [0.2, 0.25) is 0 Å². The molecule has 0 aromatic heterocycles. The number of piperidine rings is 1. The number of aliphatic hydroxyl groups is 1. The molecule has 0 spiro atoms. The Morgan fingerprint density at radius 3 is 2.87 bits per heavy atom. The van der Waals surface area contributed by atoms with Crippen LogP contribution in [0.1, 0.15) is 39.5 Å². The van der Waals surface area contributed by atoms with E-state index in [0.717, 1.165) is 19.5 Å². The summed E-state index contributed by atoms with van der Waals surface area (Å²) in [6.45, 7) is 5.97. The normalized spacial score (nSPS) is 25.1. The highest BCUT2D eigenvalue weighted by atomic mass is 16.3. The Labute approximate surface area is 92.5 Å². The van der Waals surface area contributed by atoms with E-state index < -0.39 is 0 Å². The zero-order chi connectivity index (χ0) is 11.3. The Hall–Kier alpha value is -0.410. The summed E-state index contributed by atoms with van der Waals surface area (Å²) >= 11 is 0. The van der Waals surface area contributed by atoms with Crippen molar-refractivity contribution in [2.75, 3.05) is 19.7 Å². The minimum atomic E-state index is 0.239. The van der Waals surface area contributed by atoms with Crippen LogP contribution in [-0.2, 0) is 4.79 Å². The van der Waals surface area contributed by atoms with Crippen LogP contribution in [0.4, 0.5) is 0 Å². The molecule has 1 saturated heterocycles. The van der Waals surface area contributed by atoms with Crippen molar-refractivity contribution in [2.45, 2.75) is 45.6 Å². The number of carbonyl (C=O) groups excluding carboxylic acids is 1. The van der Waals surface area contributed by atoms with E-state index in [1.807, 2.05) is 0 Å². The van der Waals surface area contributed by atoms with Gasteiger partial charge in [-0.2, -0.15) is 0 Å². The maximum Gasteiger partial charge on any atom is 0.131 e. The van der Waals surface area contributed by atoms with E-state index in [0.29, 0.717) is 18.4 Å². The van der Waals surface area contributed by atoms with Crippen molar-refractivity contribution >= 4 is 5.78 Å². The summed E-state index contributed by atoms with van der Waals surface area (Å²) in [6, 6.07) is 0.422. The quantitative estimate of drug-likeness (QED) is 0.751. The average molecular weight is 213 g/mol. The number of carbonyl (C=O) groups is 1. The van der Waals surface area contributed by atoms with Crippen LogP contribution in [0.3, 0.4) is 0 Å². The first kappa shape index (κ1) is 12.7. The largest absolute Gasteiger partial charge is 0.396 e. The molecule has 1 heterocycles. The number of aliphatic hydroxyl groups excluding tert-OH is 1. The van der Waals surface area contributed by atoms with Crippen LogP contribution in [0.25, 0.3) is 0 Å². The molecule has 88 valence electrons. The van der Waals surface area contributed by atoms with Crippen molar-refractivity contribution in [3.63, 3.8) is 0 Å². The number of likely N-dealkylation sites (tertiary alicyclic amines) is 1. The van der Waals surface area contributed by atoms with Gasteiger partial charge in [0.2, 0.25) is 0 Å². The third-order valence-electron chi connectivity index (χ3n) is 3.13. The van der Waals surface area contributed by atoms with Crippen molar-refractivity contribution in [3.05, 3.63) is 0 Å². The third-order valence-corrected chi connectivity index (χ3v) is 3.13. The summed E-state index contributed by atoms with van der Waals surface area (Å²) in [5, 5.41) is 9.04. The van der Waals surface area contributed by atoms with Gasteiger partial charge in [0.05, 0.1) is 0 Å². The van der Waals surface area contributed by atoms with Gasteiger partial charge in [-0.25, -0.2) is 0 Å². The number of hydrogen-bond acceptors (Lipinski definition) is 3. The van der Waals surface area contributed by atoms with E-state index in [-0.39, 0.29) is 12.4 Å². The van der Waals surface area contributed by atoms with E-state index >= 15 is 0 Å². The minimum Gasteiger partial charge on any atom is -0.396 e. The minimum absolute atomic E-state index is 0.239. The van der Waals surface area contributed by atoms with Gasteiger partial charge in [-0.1, -0.05) is 13.3 Å². The number of rotatable bonds is 5. The van der Waals surface area contributed by atoms with Crippen LogP contribution in [0.5, 0.6) is 0 Å². The highest BCUT2D eigenvalue weighted by Crippen LogP contribution is 2.20. The molecule has 1 aliphatic rings. The van der Waals surface area contributed by atoms with Gasteiger partial charge >= 0.3 is 0 Å². The standard InChI is InChI=1S/C12H23NO2/c1-10(9-14)8-13-6-4-3-5-12(13)7-11(2)15/h10,12,14H,3-9H2,1-2H3. The van der Waals surface area contributed by atoms with E-state index in [2.05, 4.69) is 11.8 Å².